The monoisotopic (exact) mass is 460 g/mol. The standard InChI is InChI=1S/C32H37BN2/c1-3-7-14-24-16-11-18-26-31(24)34(22-9-5-1)28-20-13-21-29-30(28)33(26)27-19-12-17-25-15-8-4-2-6-10-23-35(29)32(25)27/h11-13,16-21H,1-10,14-15,22-23H2. The first-order valence-corrected chi connectivity index (χ1v) is 14.3. The molecule has 0 atom stereocenters. The number of nitrogens with zero attached hydrogens (tertiary/aromatic N) is 2. The van der Waals surface area contributed by atoms with E-state index in [1.807, 2.05) is 0 Å². The molecule has 4 aliphatic heterocycles. The van der Waals surface area contributed by atoms with Gasteiger partial charge in [0.1, 0.15) is 0 Å². The van der Waals surface area contributed by atoms with E-state index >= 15 is 0 Å². The zero-order valence-electron chi connectivity index (χ0n) is 21.1. The molecule has 0 saturated heterocycles. The summed E-state index contributed by atoms with van der Waals surface area (Å²) in [6.45, 7) is 2.63. The molecule has 3 aromatic carbocycles. The lowest BCUT2D eigenvalue weighted by atomic mass is 9.33. The molecule has 0 unspecified atom stereocenters. The largest absolute Gasteiger partial charge is 0.342 e. The second kappa shape index (κ2) is 9.08. The highest BCUT2D eigenvalue weighted by atomic mass is 15.2. The van der Waals surface area contributed by atoms with E-state index in [1.165, 1.54) is 99.8 Å². The van der Waals surface area contributed by atoms with Crippen molar-refractivity contribution in [2.24, 2.45) is 0 Å². The van der Waals surface area contributed by atoms with Crippen molar-refractivity contribution in [3.63, 3.8) is 0 Å². The molecule has 0 amide bonds. The Kier molecular flexibility index (Phi) is 5.60. The number of hydrogen-bond donors (Lipinski definition) is 0. The van der Waals surface area contributed by atoms with Crippen molar-refractivity contribution in [3.8, 4) is 0 Å². The van der Waals surface area contributed by atoms with Crippen molar-refractivity contribution in [1.29, 1.82) is 0 Å². The van der Waals surface area contributed by atoms with Crippen LogP contribution in [-0.2, 0) is 12.8 Å². The summed E-state index contributed by atoms with van der Waals surface area (Å²) in [6.07, 6.45) is 15.8. The number of anilines is 4. The van der Waals surface area contributed by atoms with Crippen LogP contribution in [0, 0.1) is 0 Å². The third kappa shape index (κ3) is 3.53. The number of aryl methyl sites for hydroxylation is 2. The van der Waals surface area contributed by atoms with Crippen LogP contribution in [0.3, 0.4) is 0 Å². The van der Waals surface area contributed by atoms with Crippen LogP contribution >= 0.6 is 0 Å². The highest BCUT2D eigenvalue weighted by Crippen LogP contribution is 2.41. The molecule has 0 saturated carbocycles. The predicted octanol–water partition coefficient (Wildman–Crippen LogP) is 6.12. The fourth-order valence-electron chi connectivity index (χ4n) is 7.47. The number of rotatable bonds is 0. The fourth-order valence-corrected chi connectivity index (χ4v) is 7.47. The van der Waals surface area contributed by atoms with Gasteiger partial charge in [-0.05, 0) is 78.2 Å². The summed E-state index contributed by atoms with van der Waals surface area (Å²) in [5, 5.41) is 0. The lowest BCUT2D eigenvalue weighted by Gasteiger charge is -2.45. The Labute approximate surface area is 211 Å². The third-order valence-corrected chi connectivity index (χ3v) is 9.05. The smallest absolute Gasteiger partial charge is 0.252 e. The lowest BCUT2D eigenvalue weighted by molar-refractivity contribution is 0.606. The molecule has 4 aliphatic rings. The van der Waals surface area contributed by atoms with Crippen molar-refractivity contribution >= 4 is 45.9 Å². The highest BCUT2D eigenvalue weighted by Gasteiger charge is 2.43. The summed E-state index contributed by atoms with van der Waals surface area (Å²) in [7, 11) is 0. The van der Waals surface area contributed by atoms with Crippen molar-refractivity contribution in [2.75, 3.05) is 22.9 Å². The van der Waals surface area contributed by atoms with Crippen LogP contribution in [0.5, 0.6) is 0 Å². The van der Waals surface area contributed by atoms with Crippen molar-refractivity contribution in [1.82, 2.24) is 0 Å². The Morgan fingerprint density at radius 2 is 0.943 bits per heavy atom. The predicted molar refractivity (Wildman–Crippen MR) is 152 cm³/mol. The van der Waals surface area contributed by atoms with Crippen LogP contribution in [0.2, 0.25) is 0 Å². The molecule has 3 heteroatoms. The summed E-state index contributed by atoms with van der Waals surface area (Å²) in [4.78, 5) is 5.45. The van der Waals surface area contributed by atoms with Crippen molar-refractivity contribution in [2.45, 2.75) is 77.0 Å². The topological polar surface area (TPSA) is 6.48 Å². The Balaban J connectivity index is 1.49. The Hall–Kier alpha value is -2.68. The van der Waals surface area contributed by atoms with Gasteiger partial charge in [-0.25, -0.2) is 0 Å². The maximum atomic E-state index is 2.72. The van der Waals surface area contributed by atoms with Crippen molar-refractivity contribution in [3.05, 3.63) is 65.7 Å². The van der Waals surface area contributed by atoms with Gasteiger partial charge in [-0.3, -0.25) is 0 Å². The first-order chi connectivity index (χ1) is 17.4. The summed E-state index contributed by atoms with van der Waals surface area (Å²) in [6, 6.07) is 21.6. The van der Waals surface area contributed by atoms with Crippen LogP contribution in [0.1, 0.15) is 75.3 Å². The minimum atomic E-state index is 0.351. The molecule has 0 bridgehead atoms. The maximum Gasteiger partial charge on any atom is 0.252 e. The molecular weight excluding hydrogens is 423 g/mol. The van der Waals surface area contributed by atoms with Gasteiger partial charge >= 0.3 is 0 Å². The van der Waals surface area contributed by atoms with Gasteiger partial charge in [0.2, 0.25) is 0 Å². The lowest BCUT2D eigenvalue weighted by Crippen LogP contribution is -2.62. The second-order valence-corrected chi connectivity index (χ2v) is 11.2. The van der Waals surface area contributed by atoms with E-state index in [1.54, 1.807) is 27.5 Å². The first-order valence-electron chi connectivity index (χ1n) is 14.3. The van der Waals surface area contributed by atoms with Gasteiger partial charge < -0.3 is 9.80 Å². The van der Waals surface area contributed by atoms with E-state index in [0.29, 0.717) is 6.71 Å². The molecule has 3 aromatic rings. The first kappa shape index (κ1) is 21.6. The molecule has 35 heavy (non-hydrogen) atoms. The second-order valence-electron chi connectivity index (χ2n) is 11.2. The molecular formula is C32H37BN2. The van der Waals surface area contributed by atoms with Gasteiger partial charge in [0.15, 0.2) is 0 Å². The summed E-state index contributed by atoms with van der Waals surface area (Å²) in [5.41, 5.74) is 13.8. The molecule has 7 rings (SSSR count). The molecule has 0 aromatic heterocycles. The van der Waals surface area contributed by atoms with E-state index in [2.05, 4.69) is 64.4 Å². The fraction of sp³-hybridized carbons (Fsp3) is 0.438. The van der Waals surface area contributed by atoms with E-state index < -0.39 is 0 Å². The van der Waals surface area contributed by atoms with Crippen LogP contribution in [-0.4, -0.2) is 19.8 Å². The van der Waals surface area contributed by atoms with E-state index in [0.717, 1.165) is 13.1 Å². The molecule has 0 N–H and O–H groups in total. The minimum Gasteiger partial charge on any atom is -0.342 e. The number of para-hydroxylation sites is 2. The Morgan fingerprint density at radius 1 is 0.486 bits per heavy atom. The summed E-state index contributed by atoms with van der Waals surface area (Å²) >= 11 is 0. The zero-order valence-corrected chi connectivity index (χ0v) is 21.1. The van der Waals surface area contributed by atoms with Crippen LogP contribution in [0.25, 0.3) is 0 Å². The average Bonchev–Trinajstić information content (AvgIpc) is 2.90. The van der Waals surface area contributed by atoms with Gasteiger partial charge in [-0.1, -0.05) is 81.0 Å². The number of fused-ring (bicyclic) bond motifs is 4. The van der Waals surface area contributed by atoms with Gasteiger partial charge in [-0.15, -0.1) is 0 Å². The Morgan fingerprint density at radius 3 is 1.49 bits per heavy atom. The quantitative estimate of drug-likeness (QED) is 0.373. The molecule has 0 radical (unpaired) electrons. The maximum absolute atomic E-state index is 2.72. The molecule has 0 aliphatic carbocycles. The number of hydrogen-bond acceptors (Lipinski definition) is 2. The SMILES string of the molecule is c1cc2c3c(c1)B1c4cccc5c4N(CCCCCCC5)c4cccc(c41)N3CCCCCCC2. The van der Waals surface area contributed by atoms with E-state index in [4.69, 9.17) is 0 Å². The van der Waals surface area contributed by atoms with Gasteiger partial charge in [0, 0.05) is 35.8 Å². The average molecular weight is 460 g/mol. The molecule has 2 nitrogen and oxygen atoms in total. The van der Waals surface area contributed by atoms with Crippen LogP contribution in [0.4, 0.5) is 22.7 Å². The molecule has 4 heterocycles. The Bertz CT molecular complexity index is 1160. The molecule has 0 fully saturated rings. The van der Waals surface area contributed by atoms with Gasteiger partial charge in [0.05, 0.1) is 0 Å². The molecule has 0 spiro atoms. The van der Waals surface area contributed by atoms with Crippen LogP contribution in [0.15, 0.2) is 54.6 Å². The van der Waals surface area contributed by atoms with Gasteiger partial charge in [0.25, 0.3) is 6.71 Å². The summed E-state index contributed by atoms with van der Waals surface area (Å²) < 4.78 is 0. The number of benzene rings is 3. The third-order valence-electron chi connectivity index (χ3n) is 9.05. The molecule has 178 valence electrons. The minimum absolute atomic E-state index is 0.351. The van der Waals surface area contributed by atoms with Crippen LogP contribution < -0.4 is 26.2 Å². The van der Waals surface area contributed by atoms with E-state index in [-0.39, 0.29) is 0 Å². The van der Waals surface area contributed by atoms with Gasteiger partial charge in [-0.2, -0.15) is 0 Å². The zero-order chi connectivity index (χ0) is 23.2. The van der Waals surface area contributed by atoms with Crippen molar-refractivity contribution < 1.29 is 0 Å². The summed E-state index contributed by atoms with van der Waals surface area (Å²) in [5.74, 6) is 0. The highest BCUT2D eigenvalue weighted by molar-refractivity contribution is 7.00. The normalized spacial score (nSPS) is 19.4. The van der Waals surface area contributed by atoms with E-state index in [9.17, 15) is 0 Å².